The Labute approximate surface area is 108 Å². The van der Waals surface area contributed by atoms with Crippen molar-refractivity contribution in [1.82, 2.24) is 0 Å². The molecule has 0 aliphatic rings. The molecule has 0 aliphatic carbocycles. The Morgan fingerprint density at radius 1 is 0.833 bits per heavy atom. The second-order valence-corrected chi connectivity index (χ2v) is 3.48. The molecule has 98 valence electrons. The van der Waals surface area contributed by atoms with Gasteiger partial charge in [0.1, 0.15) is 0 Å². The summed E-state index contributed by atoms with van der Waals surface area (Å²) in [4.78, 5) is 22.0. The lowest BCUT2D eigenvalue weighted by atomic mass is 10.4. The molecule has 0 bridgehead atoms. The van der Waals surface area contributed by atoms with Gasteiger partial charge in [-0.05, 0) is 24.7 Å². The van der Waals surface area contributed by atoms with Crippen molar-refractivity contribution < 1.29 is 19.1 Å². The maximum atomic E-state index is 11.0. The number of hydrogen-bond acceptors (Lipinski definition) is 4. The third kappa shape index (κ3) is 10.6. The van der Waals surface area contributed by atoms with Crippen molar-refractivity contribution in [1.29, 1.82) is 0 Å². The van der Waals surface area contributed by atoms with Crippen LogP contribution in [0.2, 0.25) is 0 Å². The Hall–Kier alpha value is -1.94. The molecule has 0 heterocycles. The summed E-state index contributed by atoms with van der Waals surface area (Å²) in [5.74, 6) is 7.58. The van der Waals surface area contributed by atoms with Gasteiger partial charge in [0.2, 0.25) is 0 Å². The number of rotatable bonds is 6. The first kappa shape index (κ1) is 16.1. The van der Waals surface area contributed by atoms with Crippen LogP contribution < -0.4 is 0 Å². The molecule has 4 heteroatoms. The molecule has 0 spiro atoms. The van der Waals surface area contributed by atoms with E-state index in [2.05, 4.69) is 23.7 Å². The lowest BCUT2D eigenvalue weighted by Crippen LogP contribution is -2.03. The molecule has 0 unspecified atom stereocenters. The van der Waals surface area contributed by atoms with Gasteiger partial charge in [0.15, 0.2) is 0 Å². The third-order valence-corrected chi connectivity index (χ3v) is 1.85. The molecule has 0 N–H and O–H groups in total. The van der Waals surface area contributed by atoms with Crippen LogP contribution in [0.15, 0.2) is 0 Å². The fourth-order valence-electron chi connectivity index (χ4n) is 0.855. The third-order valence-electron chi connectivity index (χ3n) is 1.85. The van der Waals surface area contributed by atoms with Crippen LogP contribution >= 0.6 is 0 Å². The van der Waals surface area contributed by atoms with E-state index in [9.17, 15) is 9.59 Å². The molecule has 0 atom stereocenters. The zero-order chi connectivity index (χ0) is 13.6. The highest BCUT2D eigenvalue weighted by Crippen LogP contribution is 1.88. The molecule has 0 aromatic rings. The van der Waals surface area contributed by atoms with Crippen LogP contribution in [-0.2, 0) is 19.1 Å². The van der Waals surface area contributed by atoms with Gasteiger partial charge < -0.3 is 9.47 Å². The van der Waals surface area contributed by atoms with Crippen LogP contribution in [0.25, 0.3) is 0 Å². The second-order valence-electron chi connectivity index (χ2n) is 3.48. The van der Waals surface area contributed by atoms with E-state index < -0.39 is 11.9 Å². The van der Waals surface area contributed by atoms with Gasteiger partial charge in [0.25, 0.3) is 0 Å². The molecule has 4 nitrogen and oxygen atoms in total. The van der Waals surface area contributed by atoms with Gasteiger partial charge in [0, 0.05) is 11.8 Å². The Balaban J connectivity index is 3.87. The molecule has 0 fully saturated rings. The van der Waals surface area contributed by atoms with Crippen LogP contribution in [0.5, 0.6) is 0 Å². The molecule has 0 aliphatic heterocycles. The highest BCUT2D eigenvalue weighted by Gasteiger charge is 1.95. The first-order valence-electron chi connectivity index (χ1n) is 6.06. The Morgan fingerprint density at radius 3 is 1.56 bits per heavy atom. The summed E-state index contributed by atoms with van der Waals surface area (Å²) in [6.07, 6.45) is 3.51. The fourth-order valence-corrected chi connectivity index (χ4v) is 0.855. The van der Waals surface area contributed by atoms with Crippen molar-refractivity contribution in [3.05, 3.63) is 0 Å². The van der Waals surface area contributed by atoms with Crippen LogP contribution in [0, 0.1) is 23.7 Å². The minimum Gasteiger partial charge on any atom is -0.456 e. The normalized spacial score (nSPS) is 8.33. The van der Waals surface area contributed by atoms with Crippen molar-refractivity contribution in [3.63, 3.8) is 0 Å². The quantitative estimate of drug-likeness (QED) is 0.311. The number of esters is 2. The van der Waals surface area contributed by atoms with E-state index in [0.29, 0.717) is 13.2 Å². The van der Waals surface area contributed by atoms with E-state index in [4.69, 9.17) is 9.47 Å². The first-order valence-corrected chi connectivity index (χ1v) is 6.06. The SMILES string of the molecule is CCCCOC(=O)C#CC#CC(=O)OCCCC. The number of carbonyl (C=O) groups is 2. The Kier molecular flexibility index (Phi) is 10.3. The largest absolute Gasteiger partial charge is 0.456 e. The molecular formula is C14H18O4. The van der Waals surface area contributed by atoms with Crippen LogP contribution in [0.3, 0.4) is 0 Å². The van der Waals surface area contributed by atoms with Gasteiger partial charge in [-0.3, -0.25) is 0 Å². The predicted octanol–water partition coefficient (Wildman–Crippen LogP) is 1.68. The highest BCUT2D eigenvalue weighted by atomic mass is 16.5. The van der Waals surface area contributed by atoms with Crippen molar-refractivity contribution in [2.24, 2.45) is 0 Å². The average molecular weight is 250 g/mol. The van der Waals surface area contributed by atoms with E-state index >= 15 is 0 Å². The number of hydrogen-bond donors (Lipinski definition) is 0. The molecule has 18 heavy (non-hydrogen) atoms. The zero-order valence-electron chi connectivity index (χ0n) is 10.9. The Bertz CT molecular complexity index is 338. The lowest BCUT2D eigenvalue weighted by molar-refractivity contribution is -0.137. The molecule has 0 saturated heterocycles. The van der Waals surface area contributed by atoms with Crippen LogP contribution in [0.1, 0.15) is 39.5 Å². The second kappa shape index (κ2) is 11.5. The van der Waals surface area contributed by atoms with Gasteiger partial charge in [-0.25, -0.2) is 9.59 Å². The van der Waals surface area contributed by atoms with Crippen molar-refractivity contribution in [2.75, 3.05) is 13.2 Å². The van der Waals surface area contributed by atoms with E-state index in [1.165, 1.54) is 0 Å². The van der Waals surface area contributed by atoms with Gasteiger partial charge >= 0.3 is 11.9 Å². The molecule has 0 rings (SSSR count). The summed E-state index contributed by atoms with van der Waals surface area (Å²) in [7, 11) is 0. The summed E-state index contributed by atoms with van der Waals surface area (Å²) in [5.41, 5.74) is 0. The lowest BCUT2D eigenvalue weighted by Gasteiger charge is -1.96. The van der Waals surface area contributed by atoms with E-state index in [1.807, 2.05) is 13.8 Å². The smallest absolute Gasteiger partial charge is 0.385 e. The predicted molar refractivity (Wildman–Crippen MR) is 67.3 cm³/mol. The van der Waals surface area contributed by atoms with E-state index in [1.54, 1.807) is 0 Å². The van der Waals surface area contributed by atoms with Crippen molar-refractivity contribution in [2.45, 2.75) is 39.5 Å². The number of unbranched alkanes of at least 4 members (excludes halogenated alkanes) is 2. The average Bonchev–Trinajstić information content (AvgIpc) is 2.35. The molecule has 0 amide bonds. The highest BCUT2D eigenvalue weighted by molar-refractivity contribution is 5.91. The summed E-state index contributed by atoms with van der Waals surface area (Å²) >= 11 is 0. The van der Waals surface area contributed by atoms with Gasteiger partial charge in [-0.15, -0.1) is 0 Å². The number of ether oxygens (including phenoxy) is 2. The minimum atomic E-state index is -0.628. The molecular weight excluding hydrogens is 232 g/mol. The van der Waals surface area contributed by atoms with Gasteiger partial charge in [-0.2, -0.15) is 0 Å². The zero-order valence-corrected chi connectivity index (χ0v) is 10.9. The summed E-state index contributed by atoms with van der Waals surface area (Å²) < 4.78 is 9.54. The van der Waals surface area contributed by atoms with E-state index in [-0.39, 0.29) is 0 Å². The summed E-state index contributed by atoms with van der Waals surface area (Å²) in [6, 6.07) is 0. The maximum absolute atomic E-state index is 11.0. The monoisotopic (exact) mass is 250 g/mol. The van der Waals surface area contributed by atoms with Gasteiger partial charge in [0.05, 0.1) is 13.2 Å². The van der Waals surface area contributed by atoms with E-state index in [0.717, 1.165) is 25.7 Å². The number of carbonyl (C=O) groups excluding carboxylic acids is 2. The van der Waals surface area contributed by atoms with Crippen LogP contribution in [-0.4, -0.2) is 25.2 Å². The van der Waals surface area contributed by atoms with Crippen molar-refractivity contribution >= 4 is 11.9 Å². The first-order chi connectivity index (χ1) is 8.70. The Morgan fingerprint density at radius 2 is 1.22 bits per heavy atom. The topological polar surface area (TPSA) is 52.6 Å². The molecule has 0 radical (unpaired) electrons. The standard InChI is InChI=1S/C14H18O4/c1-3-5-11-17-13(15)9-7-8-10-14(16)18-12-6-4-2/h3-6,11-12H2,1-2H3. The van der Waals surface area contributed by atoms with Crippen LogP contribution in [0.4, 0.5) is 0 Å². The maximum Gasteiger partial charge on any atom is 0.385 e. The minimum absolute atomic E-state index is 0.358. The molecule has 0 aromatic heterocycles. The summed E-state index contributed by atoms with van der Waals surface area (Å²) in [6.45, 7) is 4.71. The van der Waals surface area contributed by atoms with Gasteiger partial charge in [-0.1, -0.05) is 26.7 Å². The fraction of sp³-hybridized carbons (Fsp3) is 0.571. The molecule has 0 aromatic carbocycles. The van der Waals surface area contributed by atoms with Crippen molar-refractivity contribution in [3.8, 4) is 23.7 Å². The summed E-state index contributed by atoms with van der Waals surface area (Å²) in [5, 5.41) is 0. The molecule has 0 saturated carbocycles.